The van der Waals surface area contributed by atoms with E-state index in [4.69, 9.17) is 16.3 Å². The lowest BCUT2D eigenvalue weighted by molar-refractivity contribution is 0.284. The molecule has 0 saturated carbocycles. The number of piperazine rings is 1. The lowest BCUT2D eigenvalue weighted by Crippen LogP contribution is -2.46. The third-order valence-electron chi connectivity index (χ3n) is 6.80. The molecule has 11 heteroatoms. The second kappa shape index (κ2) is 12.4. The molecule has 208 valence electrons. The molecule has 0 amide bonds. The van der Waals surface area contributed by atoms with Gasteiger partial charge in [0.1, 0.15) is 28.4 Å². The summed E-state index contributed by atoms with van der Waals surface area (Å²) >= 11 is 6.31. The van der Waals surface area contributed by atoms with Crippen molar-refractivity contribution in [2.24, 2.45) is 0 Å². The van der Waals surface area contributed by atoms with Crippen LogP contribution in [0, 0.1) is 18.6 Å². The predicted octanol–water partition coefficient (Wildman–Crippen LogP) is 5.36. The minimum Gasteiger partial charge on any atom is -0.497 e. The highest BCUT2D eigenvalue weighted by Gasteiger charge is 2.18. The van der Waals surface area contributed by atoms with Crippen LogP contribution >= 0.6 is 11.6 Å². The minimum atomic E-state index is -0.555. The van der Waals surface area contributed by atoms with Gasteiger partial charge in [0.2, 0.25) is 0 Å². The number of halogens is 3. The largest absolute Gasteiger partial charge is 0.497 e. The smallest absolute Gasteiger partial charge is 0.254 e. The fraction of sp³-hybridized carbons (Fsp3) is 0.276. The Hall–Kier alpha value is -4.02. The second-order valence-corrected chi connectivity index (χ2v) is 9.88. The van der Waals surface area contributed by atoms with Crippen LogP contribution in [0.1, 0.15) is 16.8 Å². The molecule has 0 atom stereocenters. The molecular weight excluding hydrogens is 536 g/mol. The Morgan fingerprint density at radius 3 is 2.42 bits per heavy atom. The molecular formula is C29H30ClF2N7O. The summed E-state index contributed by atoms with van der Waals surface area (Å²) in [6.45, 7) is 6.27. The number of hydrogen-bond donors (Lipinski definition) is 1. The van der Waals surface area contributed by atoms with Crippen molar-refractivity contribution in [2.45, 2.75) is 13.5 Å². The molecule has 5 rings (SSSR count). The van der Waals surface area contributed by atoms with Gasteiger partial charge in [-0.1, -0.05) is 35.9 Å². The molecule has 1 fully saturated rings. The lowest BCUT2D eigenvalue weighted by atomic mass is 10.2. The third kappa shape index (κ3) is 6.75. The highest BCUT2D eigenvalue weighted by molar-refractivity contribution is 6.29. The molecule has 40 heavy (non-hydrogen) atoms. The van der Waals surface area contributed by atoms with Crippen LogP contribution in [-0.4, -0.2) is 64.5 Å². The molecule has 0 radical (unpaired) electrons. The van der Waals surface area contributed by atoms with Gasteiger partial charge in [-0.05, 0) is 36.8 Å². The standard InChI is InChI=1S/C29H30ClF2N7O/c1-20-22(4-3-9-37-10-12-38(13-11-37)25-15-23(31)14-24(32)16-25)19-34-39(20)29-35-27(30)17-28(36-29)33-18-21-5-7-26(40-2)8-6-21/h3-8,14-17,19H,9-13,18H2,1-2H3,(H,33,35,36)/b4-3+. The maximum absolute atomic E-state index is 13.6. The quantitative estimate of drug-likeness (QED) is 0.274. The summed E-state index contributed by atoms with van der Waals surface area (Å²) in [7, 11) is 1.64. The van der Waals surface area contributed by atoms with Crippen LogP contribution in [-0.2, 0) is 6.54 Å². The number of hydrogen-bond acceptors (Lipinski definition) is 7. The molecule has 3 heterocycles. The van der Waals surface area contributed by atoms with Gasteiger partial charge in [-0.25, -0.2) is 13.5 Å². The van der Waals surface area contributed by atoms with E-state index in [1.807, 2.05) is 42.2 Å². The maximum atomic E-state index is 13.6. The van der Waals surface area contributed by atoms with Crippen LogP contribution in [0.25, 0.3) is 12.0 Å². The number of aromatic nitrogens is 4. The van der Waals surface area contributed by atoms with Crippen molar-refractivity contribution in [1.82, 2.24) is 24.6 Å². The van der Waals surface area contributed by atoms with Crippen LogP contribution in [0.3, 0.4) is 0 Å². The Kier molecular flexibility index (Phi) is 8.57. The Labute approximate surface area is 236 Å². The van der Waals surface area contributed by atoms with Crippen molar-refractivity contribution >= 4 is 29.2 Å². The van der Waals surface area contributed by atoms with Gasteiger partial charge in [0.25, 0.3) is 5.95 Å². The molecule has 1 aliphatic rings. The number of anilines is 2. The van der Waals surface area contributed by atoms with Gasteiger partial charge in [-0.2, -0.15) is 15.1 Å². The first-order chi connectivity index (χ1) is 19.4. The molecule has 0 spiro atoms. The van der Waals surface area contributed by atoms with Crippen molar-refractivity contribution in [1.29, 1.82) is 0 Å². The first kappa shape index (κ1) is 27.5. The normalized spacial score (nSPS) is 14.2. The predicted molar refractivity (Wildman–Crippen MR) is 153 cm³/mol. The van der Waals surface area contributed by atoms with E-state index in [0.717, 1.165) is 48.3 Å². The van der Waals surface area contributed by atoms with Crippen LogP contribution in [0.5, 0.6) is 5.75 Å². The van der Waals surface area contributed by atoms with E-state index in [-0.39, 0.29) is 0 Å². The zero-order valence-corrected chi connectivity index (χ0v) is 23.1. The van der Waals surface area contributed by atoms with Gasteiger partial charge in [-0.15, -0.1) is 0 Å². The third-order valence-corrected chi connectivity index (χ3v) is 6.99. The Balaban J connectivity index is 1.18. The van der Waals surface area contributed by atoms with Crippen LogP contribution < -0.4 is 15.0 Å². The summed E-state index contributed by atoms with van der Waals surface area (Å²) in [6.07, 6.45) is 5.89. The molecule has 0 unspecified atom stereocenters. The Bertz CT molecular complexity index is 1460. The highest BCUT2D eigenvalue weighted by atomic mass is 35.5. The summed E-state index contributed by atoms with van der Waals surface area (Å²) in [6, 6.07) is 13.1. The van der Waals surface area contributed by atoms with Crippen LogP contribution in [0.2, 0.25) is 5.15 Å². The SMILES string of the molecule is COc1ccc(CNc2cc(Cl)nc(-n3ncc(/C=C/CN4CCN(c5cc(F)cc(F)c5)CC4)c3C)n2)cc1. The fourth-order valence-electron chi connectivity index (χ4n) is 4.55. The summed E-state index contributed by atoms with van der Waals surface area (Å²) in [5, 5.41) is 8.09. The second-order valence-electron chi connectivity index (χ2n) is 9.49. The molecule has 1 N–H and O–H groups in total. The number of benzene rings is 2. The number of nitrogens with one attached hydrogen (secondary N) is 1. The topological polar surface area (TPSA) is 71.3 Å². The van der Waals surface area contributed by atoms with Crippen molar-refractivity contribution in [3.05, 3.63) is 94.4 Å². The molecule has 0 bridgehead atoms. The number of nitrogens with zero attached hydrogens (tertiary/aromatic N) is 6. The molecule has 8 nitrogen and oxygen atoms in total. The number of methoxy groups -OCH3 is 1. The first-order valence-electron chi connectivity index (χ1n) is 12.9. The van der Waals surface area contributed by atoms with E-state index in [2.05, 4.69) is 31.4 Å². The van der Waals surface area contributed by atoms with Crippen molar-refractivity contribution in [3.8, 4) is 11.7 Å². The average molecular weight is 566 g/mol. The highest BCUT2D eigenvalue weighted by Crippen LogP contribution is 2.21. The van der Waals surface area contributed by atoms with Gasteiger partial charge >= 0.3 is 0 Å². The van der Waals surface area contributed by atoms with Crippen molar-refractivity contribution in [2.75, 3.05) is 50.1 Å². The van der Waals surface area contributed by atoms with Gasteiger partial charge in [0.05, 0.1) is 19.0 Å². The summed E-state index contributed by atoms with van der Waals surface area (Å²) in [5.41, 5.74) is 3.49. The molecule has 1 saturated heterocycles. The van der Waals surface area contributed by atoms with E-state index >= 15 is 0 Å². The number of ether oxygens (including phenoxy) is 1. The molecule has 1 aliphatic heterocycles. The zero-order valence-electron chi connectivity index (χ0n) is 22.3. The number of rotatable bonds is 9. The van der Waals surface area contributed by atoms with Crippen LogP contribution in [0.15, 0.2) is 60.8 Å². The van der Waals surface area contributed by atoms with Crippen LogP contribution in [0.4, 0.5) is 20.3 Å². The van der Waals surface area contributed by atoms with Gasteiger partial charge in [0, 0.05) is 62.7 Å². The zero-order chi connectivity index (χ0) is 28.1. The molecule has 2 aromatic carbocycles. The Morgan fingerprint density at radius 2 is 1.73 bits per heavy atom. The van der Waals surface area contributed by atoms with E-state index in [0.29, 0.717) is 42.2 Å². The van der Waals surface area contributed by atoms with E-state index < -0.39 is 11.6 Å². The summed E-state index contributed by atoms with van der Waals surface area (Å²) in [4.78, 5) is 13.3. The van der Waals surface area contributed by atoms with Crippen molar-refractivity contribution in [3.63, 3.8) is 0 Å². The molecule has 2 aromatic heterocycles. The summed E-state index contributed by atoms with van der Waals surface area (Å²) in [5.74, 6) is 0.669. The molecule has 0 aliphatic carbocycles. The minimum absolute atomic E-state index is 0.314. The maximum Gasteiger partial charge on any atom is 0.254 e. The van der Waals surface area contributed by atoms with Crippen molar-refractivity contribution < 1.29 is 13.5 Å². The summed E-state index contributed by atoms with van der Waals surface area (Å²) < 4.78 is 34.0. The van der Waals surface area contributed by atoms with Gasteiger partial charge < -0.3 is 15.0 Å². The van der Waals surface area contributed by atoms with Gasteiger partial charge in [0.15, 0.2) is 0 Å². The lowest BCUT2D eigenvalue weighted by Gasteiger charge is -2.35. The van der Waals surface area contributed by atoms with E-state index in [1.165, 1.54) is 12.1 Å². The Morgan fingerprint density at radius 1 is 1.00 bits per heavy atom. The van der Waals surface area contributed by atoms with Gasteiger partial charge in [-0.3, -0.25) is 4.90 Å². The van der Waals surface area contributed by atoms with E-state index in [9.17, 15) is 8.78 Å². The monoisotopic (exact) mass is 565 g/mol. The average Bonchev–Trinajstić information content (AvgIpc) is 3.31. The van der Waals surface area contributed by atoms with E-state index in [1.54, 1.807) is 24.1 Å². The molecule has 4 aromatic rings. The first-order valence-corrected chi connectivity index (χ1v) is 13.3. The fourth-order valence-corrected chi connectivity index (χ4v) is 4.73.